The molecule has 0 aliphatic carbocycles. The van der Waals surface area contributed by atoms with Gasteiger partial charge in [-0.15, -0.1) is 0 Å². The molecule has 0 aromatic carbocycles. The SMILES string of the molecule is CCn1cc(CC(NN)c2cnc(C)cn2)cn1. The predicted molar refractivity (Wildman–Crippen MR) is 68.4 cm³/mol. The monoisotopic (exact) mass is 246 g/mol. The van der Waals surface area contributed by atoms with E-state index in [-0.39, 0.29) is 6.04 Å². The minimum Gasteiger partial charge on any atom is -0.273 e. The van der Waals surface area contributed by atoms with Gasteiger partial charge in [0.15, 0.2) is 0 Å². The predicted octanol–water partition coefficient (Wildman–Crippen LogP) is 0.749. The molecule has 0 amide bonds. The Hall–Kier alpha value is -1.79. The van der Waals surface area contributed by atoms with Crippen LogP contribution in [0.5, 0.6) is 0 Å². The largest absolute Gasteiger partial charge is 0.273 e. The highest BCUT2D eigenvalue weighted by molar-refractivity contribution is 5.13. The fraction of sp³-hybridized carbons (Fsp3) is 0.417. The Morgan fingerprint density at radius 3 is 2.72 bits per heavy atom. The highest BCUT2D eigenvalue weighted by Crippen LogP contribution is 2.14. The summed E-state index contributed by atoms with van der Waals surface area (Å²) in [4.78, 5) is 8.57. The topological polar surface area (TPSA) is 81.7 Å². The number of hydrazine groups is 1. The molecule has 6 nitrogen and oxygen atoms in total. The van der Waals surface area contributed by atoms with E-state index < -0.39 is 0 Å². The van der Waals surface area contributed by atoms with Crippen molar-refractivity contribution in [3.8, 4) is 0 Å². The molecule has 0 saturated heterocycles. The molecule has 2 aromatic rings. The van der Waals surface area contributed by atoms with Crippen LogP contribution < -0.4 is 11.3 Å². The van der Waals surface area contributed by atoms with Crippen LogP contribution in [0.4, 0.5) is 0 Å². The van der Waals surface area contributed by atoms with E-state index in [0.717, 1.165) is 29.9 Å². The van der Waals surface area contributed by atoms with Gasteiger partial charge < -0.3 is 0 Å². The number of hydrogen-bond donors (Lipinski definition) is 2. The molecule has 1 atom stereocenters. The van der Waals surface area contributed by atoms with Crippen LogP contribution in [0.3, 0.4) is 0 Å². The highest BCUT2D eigenvalue weighted by Gasteiger charge is 2.13. The maximum Gasteiger partial charge on any atom is 0.0773 e. The van der Waals surface area contributed by atoms with Gasteiger partial charge in [-0.1, -0.05) is 0 Å². The molecular weight excluding hydrogens is 228 g/mol. The second-order valence-electron chi connectivity index (χ2n) is 4.21. The zero-order chi connectivity index (χ0) is 13.0. The first kappa shape index (κ1) is 12.7. The second-order valence-corrected chi connectivity index (χ2v) is 4.21. The quantitative estimate of drug-likeness (QED) is 0.601. The molecule has 0 fully saturated rings. The zero-order valence-electron chi connectivity index (χ0n) is 10.7. The lowest BCUT2D eigenvalue weighted by molar-refractivity contribution is 0.535. The summed E-state index contributed by atoms with van der Waals surface area (Å²) in [6.07, 6.45) is 8.12. The Kier molecular flexibility index (Phi) is 4.01. The van der Waals surface area contributed by atoms with Gasteiger partial charge in [0.2, 0.25) is 0 Å². The van der Waals surface area contributed by atoms with Gasteiger partial charge in [0.05, 0.1) is 29.8 Å². The molecular formula is C12H18N6. The van der Waals surface area contributed by atoms with Crippen molar-refractivity contribution in [1.29, 1.82) is 0 Å². The molecule has 3 N–H and O–H groups in total. The molecule has 0 aliphatic heterocycles. The Morgan fingerprint density at radius 1 is 1.33 bits per heavy atom. The molecule has 1 unspecified atom stereocenters. The highest BCUT2D eigenvalue weighted by atomic mass is 15.3. The molecule has 0 radical (unpaired) electrons. The number of nitrogens with zero attached hydrogens (tertiary/aromatic N) is 4. The number of nitrogens with one attached hydrogen (secondary N) is 1. The zero-order valence-corrected chi connectivity index (χ0v) is 10.7. The average molecular weight is 246 g/mol. The molecule has 2 rings (SSSR count). The van der Waals surface area contributed by atoms with Crippen molar-refractivity contribution < 1.29 is 0 Å². The normalized spacial score (nSPS) is 12.6. The van der Waals surface area contributed by atoms with Crippen molar-refractivity contribution in [3.63, 3.8) is 0 Å². The van der Waals surface area contributed by atoms with E-state index in [2.05, 4.69) is 27.4 Å². The third-order valence-corrected chi connectivity index (χ3v) is 2.81. The van der Waals surface area contributed by atoms with Crippen LogP contribution in [0, 0.1) is 6.92 Å². The third-order valence-electron chi connectivity index (χ3n) is 2.81. The maximum atomic E-state index is 5.59. The van der Waals surface area contributed by atoms with Crippen LogP contribution in [0.15, 0.2) is 24.8 Å². The molecule has 0 spiro atoms. The van der Waals surface area contributed by atoms with E-state index >= 15 is 0 Å². The van der Waals surface area contributed by atoms with E-state index in [1.807, 2.05) is 24.0 Å². The van der Waals surface area contributed by atoms with Gasteiger partial charge in [-0.3, -0.25) is 25.9 Å². The van der Waals surface area contributed by atoms with Crippen molar-refractivity contribution in [2.75, 3.05) is 0 Å². The molecule has 18 heavy (non-hydrogen) atoms. The first-order valence-corrected chi connectivity index (χ1v) is 5.99. The summed E-state index contributed by atoms with van der Waals surface area (Å²) in [5.74, 6) is 5.59. The van der Waals surface area contributed by atoms with E-state index in [1.165, 1.54) is 0 Å². The van der Waals surface area contributed by atoms with E-state index in [4.69, 9.17) is 5.84 Å². The number of rotatable bonds is 5. The Balaban J connectivity index is 2.11. The fourth-order valence-corrected chi connectivity index (χ4v) is 1.75. The average Bonchev–Trinajstić information content (AvgIpc) is 2.85. The van der Waals surface area contributed by atoms with Crippen LogP contribution in [0.25, 0.3) is 0 Å². The summed E-state index contributed by atoms with van der Waals surface area (Å²) in [5.41, 5.74) is 5.64. The second kappa shape index (κ2) is 5.70. The van der Waals surface area contributed by atoms with E-state index in [9.17, 15) is 0 Å². The third kappa shape index (κ3) is 2.91. The molecule has 0 saturated carbocycles. The molecule has 0 aliphatic rings. The van der Waals surface area contributed by atoms with Gasteiger partial charge in [-0.05, 0) is 25.8 Å². The summed E-state index contributed by atoms with van der Waals surface area (Å²) in [6.45, 7) is 4.83. The van der Waals surface area contributed by atoms with Gasteiger partial charge >= 0.3 is 0 Å². The Labute approximate surface area is 106 Å². The van der Waals surface area contributed by atoms with Crippen molar-refractivity contribution in [2.24, 2.45) is 5.84 Å². The summed E-state index contributed by atoms with van der Waals surface area (Å²) in [6, 6.07) is -0.0485. The van der Waals surface area contributed by atoms with Gasteiger partial charge in [0, 0.05) is 18.9 Å². The lowest BCUT2D eigenvalue weighted by Crippen LogP contribution is -2.30. The van der Waals surface area contributed by atoms with E-state index in [1.54, 1.807) is 12.4 Å². The Morgan fingerprint density at radius 2 is 2.17 bits per heavy atom. The number of aromatic nitrogens is 4. The smallest absolute Gasteiger partial charge is 0.0773 e. The van der Waals surface area contributed by atoms with Crippen molar-refractivity contribution in [1.82, 2.24) is 25.2 Å². The molecule has 2 aromatic heterocycles. The summed E-state index contributed by atoms with van der Waals surface area (Å²) in [7, 11) is 0. The first-order chi connectivity index (χ1) is 8.72. The number of nitrogens with two attached hydrogens (primary N) is 1. The van der Waals surface area contributed by atoms with Crippen LogP contribution >= 0.6 is 0 Å². The minimum atomic E-state index is -0.0485. The first-order valence-electron chi connectivity index (χ1n) is 5.99. The standard InChI is InChI=1S/C12H18N6/c1-3-18-8-10(6-16-18)4-11(17-13)12-7-14-9(2)5-15-12/h5-8,11,17H,3-4,13H2,1-2H3. The lowest BCUT2D eigenvalue weighted by Gasteiger charge is -2.13. The van der Waals surface area contributed by atoms with Gasteiger partial charge in [0.25, 0.3) is 0 Å². The molecule has 2 heterocycles. The van der Waals surface area contributed by atoms with Gasteiger partial charge in [-0.2, -0.15) is 5.10 Å². The van der Waals surface area contributed by atoms with E-state index in [0.29, 0.717) is 0 Å². The van der Waals surface area contributed by atoms with Crippen LogP contribution in [0.1, 0.15) is 29.9 Å². The minimum absolute atomic E-state index is 0.0485. The number of aryl methyl sites for hydroxylation is 2. The molecule has 96 valence electrons. The van der Waals surface area contributed by atoms with Crippen LogP contribution in [-0.4, -0.2) is 19.7 Å². The molecule has 6 heteroatoms. The van der Waals surface area contributed by atoms with Crippen molar-refractivity contribution in [3.05, 3.63) is 41.7 Å². The summed E-state index contributed by atoms with van der Waals surface area (Å²) >= 11 is 0. The Bertz CT molecular complexity index is 490. The van der Waals surface area contributed by atoms with Crippen LogP contribution in [0.2, 0.25) is 0 Å². The van der Waals surface area contributed by atoms with Crippen molar-refractivity contribution in [2.45, 2.75) is 32.9 Å². The van der Waals surface area contributed by atoms with Crippen molar-refractivity contribution >= 4 is 0 Å². The van der Waals surface area contributed by atoms with Crippen LogP contribution in [-0.2, 0) is 13.0 Å². The number of hydrogen-bond acceptors (Lipinski definition) is 5. The summed E-state index contributed by atoms with van der Waals surface area (Å²) < 4.78 is 1.89. The maximum absolute atomic E-state index is 5.59. The van der Waals surface area contributed by atoms with Gasteiger partial charge in [-0.25, -0.2) is 0 Å². The fourth-order valence-electron chi connectivity index (χ4n) is 1.75. The molecule has 0 bridgehead atoms. The summed E-state index contributed by atoms with van der Waals surface area (Å²) in [5, 5.41) is 4.24. The lowest BCUT2D eigenvalue weighted by atomic mass is 10.1. The van der Waals surface area contributed by atoms with Gasteiger partial charge in [0.1, 0.15) is 0 Å².